The van der Waals surface area contributed by atoms with Gasteiger partial charge in [0.1, 0.15) is 0 Å². The van der Waals surface area contributed by atoms with Gasteiger partial charge in [0.05, 0.1) is 0 Å². The first-order valence-electron chi connectivity index (χ1n) is 5.61. The first kappa shape index (κ1) is 13.5. The molecule has 1 aliphatic heterocycles. The summed E-state index contributed by atoms with van der Waals surface area (Å²) in [5.41, 5.74) is 5.85. The summed E-state index contributed by atoms with van der Waals surface area (Å²) in [6, 6.07) is 0.0590. The Bertz CT molecular complexity index is 429. The Hall–Kier alpha value is -0.890. The molecule has 1 saturated heterocycles. The lowest BCUT2D eigenvalue weighted by Gasteiger charge is -2.42. The molecule has 1 aliphatic rings. The summed E-state index contributed by atoms with van der Waals surface area (Å²) >= 11 is 0.789. The normalized spacial score (nSPS) is 24.3. The molecule has 0 amide bonds. The maximum absolute atomic E-state index is 12.4. The van der Waals surface area contributed by atoms with Crippen LogP contribution in [-0.4, -0.2) is 28.5 Å². The predicted molar refractivity (Wildman–Crippen MR) is 63.5 cm³/mol. The third-order valence-corrected chi connectivity index (χ3v) is 4.03. The number of halogens is 3. The summed E-state index contributed by atoms with van der Waals surface area (Å²) in [6.45, 7) is 5.24. The van der Waals surface area contributed by atoms with Crippen LogP contribution in [0.5, 0.6) is 0 Å². The van der Waals surface area contributed by atoms with Crippen LogP contribution in [0.2, 0.25) is 0 Å². The molecule has 2 N–H and O–H groups in total. The molecule has 1 unspecified atom stereocenters. The maximum atomic E-state index is 12.4. The van der Waals surface area contributed by atoms with Crippen LogP contribution < -0.4 is 10.6 Å². The molecule has 4 nitrogen and oxygen atoms in total. The fourth-order valence-corrected chi connectivity index (χ4v) is 2.71. The van der Waals surface area contributed by atoms with E-state index in [1.807, 2.05) is 18.7 Å². The molecule has 1 aromatic rings. The largest absolute Gasteiger partial charge is 0.452 e. The lowest BCUT2D eigenvalue weighted by Crippen LogP contribution is -2.52. The highest BCUT2D eigenvalue weighted by Crippen LogP contribution is 2.34. The number of rotatable bonds is 1. The molecule has 1 fully saturated rings. The van der Waals surface area contributed by atoms with Gasteiger partial charge in [0.2, 0.25) is 11.0 Å². The Balaban J connectivity index is 2.16. The molecule has 1 atom stereocenters. The van der Waals surface area contributed by atoms with Gasteiger partial charge in [-0.1, -0.05) is 13.8 Å². The van der Waals surface area contributed by atoms with Crippen molar-refractivity contribution in [1.82, 2.24) is 9.36 Å². The van der Waals surface area contributed by atoms with Crippen molar-refractivity contribution >= 4 is 16.7 Å². The van der Waals surface area contributed by atoms with Gasteiger partial charge in [0.25, 0.3) is 0 Å². The van der Waals surface area contributed by atoms with Crippen LogP contribution >= 0.6 is 11.5 Å². The van der Waals surface area contributed by atoms with E-state index >= 15 is 0 Å². The molecular formula is C10H15F3N4S. The predicted octanol–water partition coefficient (Wildman–Crippen LogP) is 2.12. The van der Waals surface area contributed by atoms with E-state index in [1.165, 1.54) is 0 Å². The molecule has 2 rings (SSSR count). The SMILES string of the molecule is CC1(C)CN(c2nc(C(F)(F)F)ns2)CCC1N. The summed E-state index contributed by atoms with van der Waals surface area (Å²) in [4.78, 5) is 5.39. The van der Waals surface area contributed by atoms with Gasteiger partial charge in [-0.15, -0.1) is 0 Å². The van der Waals surface area contributed by atoms with Gasteiger partial charge in [0, 0.05) is 30.7 Å². The van der Waals surface area contributed by atoms with E-state index in [-0.39, 0.29) is 11.5 Å². The van der Waals surface area contributed by atoms with Crippen LogP contribution in [-0.2, 0) is 6.18 Å². The Labute approximate surface area is 107 Å². The third-order valence-electron chi connectivity index (χ3n) is 3.25. The minimum absolute atomic E-state index is 0.0590. The Kier molecular flexibility index (Phi) is 3.26. The van der Waals surface area contributed by atoms with Crippen molar-refractivity contribution in [3.63, 3.8) is 0 Å². The van der Waals surface area contributed by atoms with E-state index in [2.05, 4.69) is 9.36 Å². The molecule has 0 aliphatic carbocycles. The van der Waals surface area contributed by atoms with Gasteiger partial charge in [-0.05, 0) is 11.8 Å². The molecule has 0 saturated carbocycles. The number of nitrogens with zero attached hydrogens (tertiary/aromatic N) is 3. The fraction of sp³-hybridized carbons (Fsp3) is 0.800. The van der Waals surface area contributed by atoms with Crippen LogP contribution in [0.1, 0.15) is 26.1 Å². The van der Waals surface area contributed by atoms with Crippen molar-refractivity contribution in [1.29, 1.82) is 0 Å². The molecule has 0 bridgehead atoms. The van der Waals surface area contributed by atoms with E-state index < -0.39 is 12.0 Å². The van der Waals surface area contributed by atoms with Crippen LogP contribution in [0.4, 0.5) is 18.3 Å². The molecule has 102 valence electrons. The van der Waals surface area contributed by atoms with Crippen molar-refractivity contribution in [2.75, 3.05) is 18.0 Å². The van der Waals surface area contributed by atoms with Crippen LogP contribution in [0.15, 0.2) is 0 Å². The van der Waals surface area contributed by atoms with Crippen LogP contribution in [0.3, 0.4) is 0 Å². The van der Waals surface area contributed by atoms with Gasteiger partial charge < -0.3 is 10.6 Å². The summed E-state index contributed by atoms with van der Waals surface area (Å²) in [5, 5.41) is 0.322. The average Bonchev–Trinajstić information content (AvgIpc) is 2.70. The summed E-state index contributed by atoms with van der Waals surface area (Å²) in [5.74, 6) is -1.06. The minimum Gasteiger partial charge on any atom is -0.346 e. The second-order valence-corrected chi connectivity index (χ2v) is 5.93. The molecule has 2 heterocycles. The van der Waals surface area contributed by atoms with Crippen molar-refractivity contribution in [2.45, 2.75) is 32.5 Å². The second-order valence-electron chi connectivity index (χ2n) is 5.20. The minimum atomic E-state index is -4.48. The van der Waals surface area contributed by atoms with Crippen LogP contribution in [0, 0.1) is 5.41 Å². The Morgan fingerprint density at radius 3 is 2.61 bits per heavy atom. The van der Waals surface area contributed by atoms with Gasteiger partial charge in [-0.25, -0.2) is 0 Å². The average molecular weight is 280 g/mol. The number of alkyl halides is 3. The zero-order valence-corrected chi connectivity index (χ0v) is 11.0. The lowest BCUT2D eigenvalue weighted by atomic mass is 9.80. The van der Waals surface area contributed by atoms with Gasteiger partial charge in [-0.2, -0.15) is 22.5 Å². The lowest BCUT2D eigenvalue weighted by molar-refractivity contribution is -0.144. The fourth-order valence-electron chi connectivity index (χ4n) is 2.00. The summed E-state index contributed by atoms with van der Waals surface area (Å²) in [6.07, 6.45) is -3.73. The van der Waals surface area contributed by atoms with E-state index in [9.17, 15) is 13.2 Å². The summed E-state index contributed by atoms with van der Waals surface area (Å²) in [7, 11) is 0. The third kappa shape index (κ3) is 2.59. The molecule has 0 radical (unpaired) electrons. The molecule has 8 heteroatoms. The smallest absolute Gasteiger partial charge is 0.346 e. The Morgan fingerprint density at radius 1 is 1.44 bits per heavy atom. The highest BCUT2D eigenvalue weighted by molar-refractivity contribution is 7.09. The first-order valence-corrected chi connectivity index (χ1v) is 6.39. The van der Waals surface area contributed by atoms with Gasteiger partial charge in [0.15, 0.2) is 0 Å². The highest BCUT2D eigenvalue weighted by Gasteiger charge is 2.38. The Morgan fingerprint density at radius 2 is 2.11 bits per heavy atom. The number of anilines is 1. The molecular weight excluding hydrogens is 265 g/mol. The van der Waals surface area contributed by atoms with E-state index in [4.69, 9.17) is 5.73 Å². The second kappa shape index (κ2) is 4.34. The molecule has 1 aromatic heterocycles. The summed E-state index contributed by atoms with van der Waals surface area (Å²) < 4.78 is 40.6. The van der Waals surface area contributed by atoms with Crippen molar-refractivity contribution in [3.05, 3.63) is 5.82 Å². The number of nitrogens with two attached hydrogens (primary N) is 1. The van der Waals surface area contributed by atoms with E-state index in [1.54, 1.807) is 0 Å². The van der Waals surface area contributed by atoms with Crippen molar-refractivity contribution < 1.29 is 13.2 Å². The van der Waals surface area contributed by atoms with E-state index in [0.717, 1.165) is 18.0 Å². The monoisotopic (exact) mass is 280 g/mol. The van der Waals surface area contributed by atoms with Gasteiger partial charge in [-0.3, -0.25) is 0 Å². The zero-order valence-electron chi connectivity index (χ0n) is 10.2. The van der Waals surface area contributed by atoms with Crippen molar-refractivity contribution in [2.24, 2.45) is 11.1 Å². The first-order chi connectivity index (χ1) is 8.20. The van der Waals surface area contributed by atoms with E-state index in [0.29, 0.717) is 18.2 Å². The number of hydrogen-bond acceptors (Lipinski definition) is 5. The maximum Gasteiger partial charge on any atom is 0.452 e. The standard InChI is InChI=1S/C10H15F3N4S/c1-9(2)5-17(4-3-6(9)14)8-15-7(16-18-8)10(11,12)13/h6H,3-5,14H2,1-2H3. The number of aromatic nitrogens is 2. The van der Waals surface area contributed by atoms with Crippen molar-refractivity contribution in [3.8, 4) is 0 Å². The number of piperidine rings is 1. The highest BCUT2D eigenvalue weighted by atomic mass is 32.1. The van der Waals surface area contributed by atoms with Gasteiger partial charge >= 0.3 is 6.18 Å². The number of hydrogen-bond donors (Lipinski definition) is 1. The molecule has 0 aromatic carbocycles. The molecule has 18 heavy (non-hydrogen) atoms. The quantitative estimate of drug-likeness (QED) is 0.856. The van der Waals surface area contributed by atoms with Crippen LogP contribution in [0.25, 0.3) is 0 Å². The molecule has 0 spiro atoms. The zero-order chi connectivity index (χ0) is 13.6. The topological polar surface area (TPSA) is 55.0 Å².